The van der Waals surface area contributed by atoms with Crippen LogP contribution in [0.15, 0.2) is 0 Å². The molecular weight excluding hydrogens is 144 g/mol. The average molecular weight is 160 g/mol. The Morgan fingerprint density at radius 1 is 0.909 bits per heavy atom. The Labute approximate surface area is 67.0 Å². The van der Waals surface area contributed by atoms with Gasteiger partial charge in [-0.3, -0.25) is 9.80 Å². The summed E-state index contributed by atoms with van der Waals surface area (Å²) in [4.78, 5) is 4.19. The predicted octanol–water partition coefficient (Wildman–Crippen LogP) is -1.45. The maximum atomic E-state index is 8.77. The summed E-state index contributed by atoms with van der Waals surface area (Å²) in [6, 6.07) is 0. The fourth-order valence-corrected chi connectivity index (χ4v) is 1.30. The van der Waals surface area contributed by atoms with E-state index in [1.165, 1.54) is 0 Å². The second-order valence-corrected chi connectivity index (χ2v) is 2.82. The molecule has 4 nitrogen and oxygen atoms in total. The van der Waals surface area contributed by atoms with Gasteiger partial charge in [-0.2, -0.15) is 0 Å². The molecule has 0 aromatic carbocycles. The maximum absolute atomic E-state index is 8.77. The van der Waals surface area contributed by atoms with E-state index in [9.17, 15) is 0 Å². The third kappa shape index (κ3) is 2.75. The van der Waals surface area contributed by atoms with E-state index in [0.29, 0.717) is 0 Å². The Morgan fingerprint density at radius 2 is 1.45 bits per heavy atom. The highest BCUT2D eigenvalue weighted by Crippen LogP contribution is 1.98. The minimum absolute atomic E-state index is 0.160. The fourth-order valence-electron chi connectivity index (χ4n) is 1.30. The number of aliphatic hydroxyl groups is 2. The number of β-amino-alcohol motifs (C(OH)–C–C–N with tert-alkyl or cyclic N) is 1. The van der Waals surface area contributed by atoms with Gasteiger partial charge in [0.1, 0.15) is 0 Å². The third-order valence-electron chi connectivity index (χ3n) is 2.08. The quantitative estimate of drug-likeness (QED) is 0.530. The highest BCUT2D eigenvalue weighted by Gasteiger charge is 2.14. The molecule has 4 heteroatoms. The second kappa shape index (κ2) is 4.66. The van der Waals surface area contributed by atoms with Crippen molar-refractivity contribution in [1.29, 1.82) is 0 Å². The SMILES string of the molecule is OCCN1CCN(CO)CC1. The first-order chi connectivity index (χ1) is 5.36. The van der Waals surface area contributed by atoms with Crippen LogP contribution in [0.25, 0.3) is 0 Å². The molecule has 1 saturated heterocycles. The molecule has 0 spiro atoms. The zero-order valence-electron chi connectivity index (χ0n) is 6.74. The Kier molecular flexibility index (Phi) is 3.79. The summed E-state index contributed by atoms with van der Waals surface area (Å²) < 4.78 is 0. The van der Waals surface area contributed by atoms with E-state index in [-0.39, 0.29) is 13.3 Å². The van der Waals surface area contributed by atoms with Gasteiger partial charge < -0.3 is 10.2 Å². The summed E-state index contributed by atoms with van der Waals surface area (Å²) in [6.07, 6.45) is 0. The Balaban J connectivity index is 2.14. The number of piperazine rings is 1. The summed E-state index contributed by atoms with van der Waals surface area (Å²) in [7, 11) is 0. The molecule has 66 valence electrons. The summed E-state index contributed by atoms with van der Waals surface area (Å²) in [6.45, 7) is 4.90. The smallest absolute Gasteiger partial charge is 0.0957 e. The van der Waals surface area contributed by atoms with Gasteiger partial charge in [0.05, 0.1) is 13.3 Å². The number of hydrogen-bond donors (Lipinski definition) is 2. The normalized spacial score (nSPS) is 22.4. The second-order valence-electron chi connectivity index (χ2n) is 2.82. The largest absolute Gasteiger partial charge is 0.395 e. The van der Waals surface area contributed by atoms with E-state index < -0.39 is 0 Å². The minimum atomic E-state index is 0.160. The molecule has 1 heterocycles. The van der Waals surface area contributed by atoms with Gasteiger partial charge in [0.2, 0.25) is 0 Å². The van der Waals surface area contributed by atoms with Gasteiger partial charge in [0.15, 0.2) is 0 Å². The molecule has 1 fully saturated rings. The van der Waals surface area contributed by atoms with Gasteiger partial charge in [-0.05, 0) is 0 Å². The summed E-state index contributed by atoms with van der Waals surface area (Å²) in [5.74, 6) is 0. The number of hydrogen-bond acceptors (Lipinski definition) is 4. The molecule has 0 saturated carbocycles. The molecule has 1 rings (SSSR count). The van der Waals surface area contributed by atoms with Crippen molar-refractivity contribution in [3.63, 3.8) is 0 Å². The first kappa shape index (κ1) is 8.93. The van der Waals surface area contributed by atoms with Crippen molar-refractivity contribution in [2.75, 3.05) is 46.1 Å². The van der Waals surface area contributed by atoms with Crippen LogP contribution in [-0.2, 0) is 0 Å². The molecule has 11 heavy (non-hydrogen) atoms. The van der Waals surface area contributed by atoms with Gasteiger partial charge >= 0.3 is 0 Å². The molecule has 0 atom stereocenters. The maximum Gasteiger partial charge on any atom is 0.0957 e. The van der Waals surface area contributed by atoms with E-state index >= 15 is 0 Å². The summed E-state index contributed by atoms with van der Waals surface area (Å²) in [5.41, 5.74) is 0. The molecule has 0 aromatic rings. The van der Waals surface area contributed by atoms with E-state index in [1.807, 2.05) is 4.90 Å². The zero-order chi connectivity index (χ0) is 8.10. The molecule has 2 N–H and O–H groups in total. The molecule has 1 aliphatic heterocycles. The molecular formula is C7H16N2O2. The minimum Gasteiger partial charge on any atom is -0.395 e. The van der Waals surface area contributed by atoms with Crippen molar-refractivity contribution in [3.8, 4) is 0 Å². The van der Waals surface area contributed by atoms with Crippen LogP contribution in [0.2, 0.25) is 0 Å². The Bertz CT molecular complexity index is 103. The van der Waals surface area contributed by atoms with Gasteiger partial charge in [-0.1, -0.05) is 0 Å². The third-order valence-corrected chi connectivity index (χ3v) is 2.08. The zero-order valence-corrected chi connectivity index (χ0v) is 6.74. The molecule has 0 bridgehead atoms. The summed E-state index contributed by atoms with van der Waals surface area (Å²) >= 11 is 0. The highest BCUT2D eigenvalue weighted by atomic mass is 16.3. The molecule has 0 unspecified atom stereocenters. The van der Waals surface area contributed by atoms with Crippen LogP contribution in [0.5, 0.6) is 0 Å². The van der Waals surface area contributed by atoms with Crippen molar-refractivity contribution in [3.05, 3.63) is 0 Å². The van der Waals surface area contributed by atoms with Gasteiger partial charge in [-0.25, -0.2) is 0 Å². The van der Waals surface area contributed by atoms with Crippen LogP contribution in [0.4, 0.5) is 0 Å². The van der Waals surface area contributed by atoms with Gasteiger partial charge in [-0.15, -0.1) is 0 Å². The molecule has 0 radical (unpaired) electrons. The first-order valence-electron chi connectivity index (χ1n) is 4.03. The monoisotopic (exact) mass is 160 g/mol. The van der Waals surface area contributed by atoms with E-state index in [1.54, 1.807) is 0 Å². The lowest BCUT2D eigenvalue weighted by Gasteiger charge is -2.32. The Hall–Kier alpha value is -0.160. The highest BCUT2D eigenvalue weighted by molar-refractivity contribution is 4.69. The molecule has 0 aliphatic carbocycles. The lowest BCUT2D eigenvalue weighted by Crippen LogP contribution is -2.47. The van der Waals surface area contributed by atoms with Crippen LogP contribution in [0, 0.1) is 0 Å². The van der Waals surface area contributed by atoms with Gasteiger partial charge in [0, 0.05) is 32.7 Å². The van der Waals surface area contributed by atoms with Crippen LogP contribution in [0.3, 0.4) is 0 Å². The topological polar surface area (TPSA) is 46.9 Å². The van der Waals surface area contributed by atoms with Crippen molar-refractivity contribution in [2.45, 2.75) is 0 Å². The van der Waals surface area contributed by atoms with E-state index in [0.717, 1.165) is 32.7 Å². The van der Waals surface area contributed by atoms with Crippen molar-refractivity contribution in [1.82, 2.24) is 9.80 Å². The van der Waals surface area contributed by atoms with Crippen LogP contribution in [-0.4, -0.2) is 66.1 Å². The van der Waals surface area contributed by atoms with Crippen LogP contribution >= 0.6 is 0 Å². The molecule has 1 aliphatic rings. The number of rotatable bonds is 3. The first-order valence-corrected chi connectivity index (χ1v) is 4.03. The van der Waals surface area contributed by atoms with Crippen molar-refractivity contribution < 1.29 is 10.2 Å². The van der Waals surface area contributed by atoms with Crippen LogP contribution in [0.1, 0.15) is 0 Å². The number of aliphatic hydroxyl groups excluding tert-OH is 2. The fraction of sp³-hybridized carbons (Fsp3) is 1.00. The predicted molar refractivity (Wildman–Crippen MR) is 42.2 cm³/mol. The number of nitrogens with zero attached hydrogens (tertiary/aromatic N) is 2. The standard InChI is InChI=1S/C7H16N2O2/c10-6-5-8-1-3-9(7-11)4-2-8/h10-11H,1-7H2. The lowest BCUT2D eigenvalue weighted by molar-refractivity contribution is 0.0485. The molecule has 0 amide bonds. The van der Waals surface area contributed by atoms with Crippen molar-refractivity contribution in [2.24, 2.45) is 0 Å². The molecule has 0 aromatic heterocycles. The van der Waals surface area contributed by atoms with Crippen molar-refractivity contribution >= 4 is 0 Å². The Morgan fingerprint density at radius 3 is 1.91 bits per heavy atom. The average Bonchev–Trinajstić information content (AvgIpc) is 2.07. The summed E-state index contributed by atoms with van der Waals surface area (Å²) in [5, 5.41) is 17.4. The van der Waals surface area contributed by atoms with Crippen LogP contribution < -0.4 is 0 Å². The van der Waals surface area contributed by atoms with E-state index in [4.69, 9.17) is 10.2 Å². The lowest BCUT2D eigenvalue weighted by atomic mass is 10.3. The van der Waals surface area contributed by atoms with Gasteiger partial charge in [0.25, 0.3) is 0 Å². The van der Waals surface area contributed by atoms with E-state index in [2.05, 4.69) is 4.90 Å².